The summed E-state index contributed by atoms with van der Waals surface area (Å²) >= 11 is 14.1. The number of benzene rings is 2. The number of ether oxygens (including phenoxy) is 1. The van der Waals surface area contributed by atoms with E-state index in [1.54, 1.807) is 0 Å². The second kappa shape index (κ2) is 11.8. The highest BCUT2D eigenvalue weighted by Gasteiger charge is 2.24. The number of carboxylic acids is 1. The number of rotatable bonds is 9. The maximum Gasteiger partial charge on any atom is 0.331 e. The van der Waals surface area contributed by atoms with Crippen LogP contribution in [0.15, 0.2) is 35.9 Å². The Morgan fingerprint density at radius 1 is 1.22 bits per heavy atom. The van der Waals surface area contributed by atoms with Crippen LogP contribution in [-0.2, 0) is 28.8 Å². The molecule has 0 atom stereocenters. The van der Waals surface area contributed by atoms with E-state index in [9.17, 15) is 9.59 Å². The summed E-state index contributed by atoms with van der Waals surface area (Å²) in [4.78, 5) is 30.0. The van der Waals surface area contributed by atoms with E-state index in [0.29, 0.717) is 10.7 Å². The molecule has 3 aromatic rings. The van der Waals surface area contributed by atoms with Crippen molar-refractivity contribution in [2.45, 2.75) is 52.6 Å². The van der Waals surface area contributed by atoms with Crippen LogP contribution in [0.25, 0.3) is 17.3 Å². The third-order valence-corrected chi connectivity index (χ3v) is 7.79. The van der Waals surface area contributed by atoms with Crippen molar-refractivity contribution in [2.75, 3.05) is 11.9 Å². The molecule has 37 heavy (non-hydrogen) atoms. The van der Waals surface area contributed by atoms with E-state index in [4.69, 9.17) is 38.0 Å². The summed E-state index contributed by atoms with van der Waals surface area (Å²) in [6.45, 7) is 6.28. The summed E-state index contributed by atoms with van der Waals surface area (Å²) < 4.78 is 5.69. The van der Waals surface area contributed by atoms with E-state index in [-0.39, 0.29) is 33.2 Å². The van der Waals surface area contributed by atoms with Crippen LogP contribution >= 0.6 is 34.5 Å². The maximum absolute atomic E-state index is 13.0. The van der Waals surface area contributed by atoms with Gasteiger partial charge in [-0.3, -0.25) is 10.1 Å². The first kappa shape index (κ1) is 27.3. The molecule has 6 nitrogen and oxygen atoms in total. The first-order chi connectivity index (χ1) is 17.6. The Kier molecular flexibility index (Phi) is 8.70. The molecule has 1 aliphatic carbocycles. The van der Waals surface area contributed by atoms with Crippen molar-refractivity contribution in [2.24, 2.45) is 0 Å². The van der Waals surface area contributed by atoms with Gasteiger partial charge < -0.3 is 9.84 Å². The second-order valence-corrected chi connectivity index (χ2v) is 11.1. The number of carbonyl (C=O) groups excluding carboxylic acids is 1. The Balaban J connectivity index is 1.52. The van der Waals surface area contributed by atoms with Gasteiger partial charge in [-0.05, 0) is 75.8 Å². The molecule has 1 amide bonds. The van der Waals surface area contributed by atoms with Gasteiger partial charge in [0.15, 0.2) is 5.13 Å². The van der Waals surface area contributed by atoms with Gasteiger partial charge in [-0.1, -0.05) is 41.4 Å². The lowest BCUT2D eigenvalue weighted by atomic mass is 9.88. The van der Waals surface area contributed by atoms with Gasteiger partial charge in [0.05, 0.1) is 21.8 Å². The zero-order valence-corrected chi connectivity index (χ0v) is 23.2. The van der Waals surface area contributed by atoms with Gasteiger partial charge in [-0.25, -0.2) is 9.78 Å². The lowest BCUT2D eigenvalue weighted by Gasteiger charge is -2.19. The van der Waals surface area contributed by atoms with Crippen molar-refractivity contribution in [3.05, 3.63) is 73.1 Å². The van der Waals surface area contributed by atoms with Crippen LogP contribution < -0.4 is 5.32 Å². The first-order valence-corrected chi connectivity index (χ1v) is 13.7. The van der Waals surface area contributed by atoms with Crippen molar-refractivity contribution in [3.63, 3.8) is 0 Å². The van der Waals surface area contributed by atoms with Crippen molar-refractivity contribution < 1.29 is 19.4 Å². The van der Waals surface area contributed by atoms with Gasteiger partial charge in [0, 0.05) is 33.7 Å². The summed E-state index contributed by atoms with van der Waals surface area (Å²) in [5.74, 6) is -1.46. The van der Waals surface area contributed by atoms with Crippen molar-refractivity contribution >= 4 is 57.6 Å². The molecule has 2 aromatic carbocycles. The standard InChI is InChI=1S/C28H28Cl2N2O4S/c1-15(2)36-11-5-7-17-6-4-8-20-19(17)9-10-24-25(20)31-28(37-24)32-26(33)18-13-22(29)21(23(30)14-18)12-16(3)27(34)35/h4,6,8,12-15H,5,7,9-11H2,1-3H3,(H,34,35)(H,31,32,33). The van der Waals surface area contributed by atoms with Crippen molar-refractivity contribution in [1.82, 2.24) is 4.98 Å². The lowest BCUT2D eigenvalue weighted by Crippen LogP contribution is -2.12. The summed E-state index contributed by atoms with van der Waals surface area (Å²) in [5.41, 5.74) is 5.39. The van der Waals surface area contributed by atoms with Gasteiger partial charge in [-0.15, -0.1) is 11.3 Å². The zero-order chi connectivity index (χ0) is 26.7. The van der Waals surface area contributed by atoms with E-state index in [2.05, 4.69) is 23.5 Å². The number of aromatic nitrogens is 1. The highest BCUT2D eigenvalue weighted by molar-refractivity contribution is 7.16. The molecule has 194 valence electrons. The highest BCUT2D eigenvalue weighted by atomic mass is 35.5. The minimum absolute atomic E-state index is 0.0849. The highest BCUT2D eigenvalue weighted by Crippen LogP contribution is 2.40. The fourth-order valence-corrected chi connectivity index (χ4v) is 5.86. The molecule has 0 saturated heterocycles. The fourth-order valence-electron chi connectivity index (χ4n) is 4.29. The molecule has 1 aromatic heterocycles. The number of aryl methyl sites for hydroxylation is 2. The first-order valence-electron chi connectivity index (χ1n) is 12.1. The molecule has 0 saturated carbocycles. The summed E-state index contributed by atoms with van der Waals surface area (Å²) in [6.07, 6.45) is 5.35. The monoisotopic (exact) mass is 558 g/mol. The Morgan fingerprint density at radius 3 is 2.62 bits per heavy atom. The molecule has 1 heterocycles. The number of halogens is 2. The molecule has 0 bridgehead atoms. The number of hydrogen-bond donors (Lipinski definition) is 2. The van der Waals surface area contributed by atoms with Crippen LogP contribution in [0, 0.1) is 0 Å². The third-order valence-electron chi connectivity index (χ3n) is 6.13. The molecular formula is C28H28Cl2N2O4S. The van der Waals surface area contributed by atoms with Crippen LogP contribution in [0.1, 0.15) is 59.1 Å². The zero-order valence-electron chi connectivity index (χ0n) is 20.9. The average molecular weight is 560 g/mol. The lowest BCUT2D eigenvalue weighted by molar-refractivity contribution is -0.132. The number of nitrogens with one attached hydrogen (secondary N) is 1. The number of carbonyl (C=O) groups is 2. The summed E-state index contributed by atoms with van der Waals surface area (Å²) in [7, 11) is 0. The molecule has 9 heteroatoms. The molecule has 0 aliphatic heterocycles. The van der Waals surface area contributed by atoms with E-state index in [0.717, 1.165) is 48.4 Å². The predicted molar refractivity (Wildman–Crippen MR) is 150 cm³/mol. The van der Waals surface area contributed by atoms with Crippen LogP contribution in [-0.4, -0.2) is 34.7 Å². The SMILES string of the molecule is CC(=Cc1c(Cl)cc(C(=O)Nc2nc3c(s2)CCc2c(CCCOC(C)C)cccc2-3)cc1Cl)C(=O)O. The van der Waals surface area contributed by atoms with Crippen molar-refractivity contribution in [3.8, 4) is 11.3 Å². The molecule has 1 aliphatic rings. The van der Waals surface area contributed by atoms with Gasteiger partial charge in [0.2, 0.25) is 0 Å². The largest absolute Gasteiger partial charge is 0.478 e. The number of amides is 1. The molecule has 0 unspecified atom stereocenters. The summed E-state index contributed by atoms with van der Waals surface area (Å²) in [5, 5.41) is 12.9. The number of anilines is 1. The molecule has 4 rings (SSSR count). The number of fused-ring (bicyclic) bond motifs is 3. The molecule has 2 N–H and O–H groups in total. The normalized spacial score (nSPS) is 12.9. The van der Waals surface area contributed by atoms with Gasteiger partial charge in [0.1, 0.15) is 0 Å². The number of aliphatic carboxylic acids is 1. The van der Waals surface area contributed by atoms with Crippen LogP contribution in [0.2, 0.25) is 10.0 Å². The van der Waals surface area contributed by atoms with Crippen LogP contribution in [0.3, 0.4) is 0 Å². The minimum Gasteiger partial charge on any atom is -0.478 e. The Bertz CT molecular complexity index is 1360. The van der Waals surface area contributed by atoms with Crippen molar-refractivity contribution in [1.29, 1.82) is 0 Å². The molecule has 0 radical (unpaired) electrons. The maximum atomic E-state index is 13.0. The van der Waals surface area contributed by atoms with E-state index >= 15 is 0 Å². The third kappa shape index (κ3) is 6.41. The second-order valence-electron chi connectivity index (χ2n) is 9.20. The molecule has 0 spiro atoms. The van der Waals surface area contributed by atoms with Crippen LogP contribution in [0.4, 0.5) is 5.13 Å². The van der Waals surface area contributed by atoms with Gasteiger partial charge in [0.25, 0.3) is 5.91 Å². The number of nitrogens with zero attached hydrogens (tertiary/aromatic N) is 1. The summed E-state index contributed by atoms with van der Waals surface area (Å²) in [6, 6.07) is 9.29. The number of carboxylic acid groups (broad SMARTS) is 1. The fraction of sp³-hybridized carbons (Fsp3) is 0.321. The number of hydrogen-bond acceptors (Lipinski definition) is 5. The Morgan fingerprint density at radius 2 is 1.95 bits per heavy atom. The Hall–Kier alpha value is -2.71. The quantitative estimate of drug-likeness (QED) is 0.212. The Labute approximate surface area is 230 Å². The minimum atomic E-state index is -1.07. The van der Waals surface area contributed by atoms with Gasteiger partial charge in [-0.2, -0.15) is 0 Å². The smallest absolute Gasteiger partial charge is 0.331 e. The topological polar surface area (TPSA) is 88.5 Å². The van der Waals surface area contributed by atoms with E-state index in [1.807, 2.05) is 13.8 Å². The van der Waals surface area contributed by atoms with Crippen LogP contribution in [0.5, 0.6) is 0 Å². The predicted octanol–water partition coefficient (Wildman–Crippen LogP) is 7.31. The molecular weight excluding hydrogens is 531 g/mol. The number of thiazole rings is 1. The van der Waals surface area contributed by atoms with Gasteiger partial charge >= 0.3 is 5.97 Å². The molecule has 0 fully saturated rings. The van der Waals surface area contributed by atoms with E-state index < -0.39 is 5.97 Å². The van der Waals surface area contributed by atoms with E-state index in [1.165, 1.54) is 47.6 Å². The average Bonchev–Trinajstić information content (AvgIpc) is 3.26.